The van der Waals surface area contributed by atoms with Crippen LogP contribution in [-0.2, 0) is 4.74 Å². The predicted octanol–water partition coefficient (Wildman–Crippen LogP) is 0.404. The number of hydrogen-bond donors (Lipinski definition) is 4. The first-order valence-electron chi connectivity index (χ1n) is 9.54. The summed E-state index contributed by atoms with van der Waals surface area (Å²) in [5.74, 6) is -3.80. The molecule has 0 spiro atoms. The molecule has 14 heteroatoms. The van der Waals surface area contributed by atoms with Crippen molar-refractivity contribution in [3.05, 3.63) is 51.6 Å². The third-order valence-electron chi connectivity index (χ3n) is 5.48. The second-order valence-electron chi connectivity index (χ2n) is 7.45. The number of fused-ring (bicyclic) bond motifs is 1. The summed E-state index contributed by atoms with van der Waals surface area (Å²) in [4.78, 5) is 11.8. The van der Waals surface area contributed by atoms with Crippen molar-refractivity contribution in [1.82, 2.24) is 19.6 Å². The lowest BCUT2D eigenvalue weighted by atomic mass is 9.97. The van der Waals surface area contributed by atoms with Gasteiger partial charge in [0.15, 0.2) is 23.3 Å². The van der Waals surface area contributed by atoms with Gasteiger partial charge >= 0.3 is 0 Å². The highest BCUT2D eigenvalue weighted by molar-refractivity contribution is 7.99. The number of H-pyrrole nitrogens is 1. The number of nitrogens with one attached hydrogen (secondary N) is 1. The van der Waals surface area contributed by atoms with Gasteiger partial charge in [-0.05, 0) is 12.1 Å². The first kappa shape index (κ1) is 21.7. The minimum atomic E-state index is -1.58. The number of rotatable bonds is 5. The van der Waals surface area contributed by atoms with E-state index in [0.717, 1.165) is 30.0 Å². The molecule has 0 saturated carbocycles. The van der Waals surface area contributed by atoms with Crippen LogP contribution in [0.4, 0.5) is 13.2 Å². The van der Waals surface area contributed by atoms with Crippen molar-refractivity contribution in [1.29, 1.82) is 5.26 Å². The molecule has 0 radical (unpaired) electrons. The van der Waals surface area contributed by atoms with Gasteiger partial charge in [-0.3, -0.25) is 14.6 Å². The second-order valence-corrected chi connectivity index (χ2v) is 8.59. The van der Waals surface area contributed by atoms with Gasteiger partial charge in [-0.15, -0.1) is 0 Å². The Kier molecular flexibility index (Phi) is 5.10. The SMILES string of the molecule is N#Cc1n[nH]c(S[C@H]2OC(CO)[C@H](O)[C@H](n3c4c(-c5cc(F)c(F)c(F)c5)n3-4)C2O)cc1=O. The van der Waals surface area contributed by atoms with Crippen LogP contribution in [0.3, 0.4) is 0 Å². The average molecular weight is 481 g/mol. The molecule has 0 aliphatic carbocycles. The second kappa shape index (κ2) is 7.75. The zero-order chi connectivity index (χ0) is 23.6. The molecule has 1 saturated heterocycles. The number of aromatic nitrogens is 4. The molecule has 33 heavy (non-hydrogen) atoms. The number of aromatic amines is 1. The van der Waals surface area contributed by atoms with Gasteiger partial charge in [0.2, 0.25) is 11.1 Å². The standard InChI is InChI=1S/C19H14F3N5O5S/c20-7-1-6(2-8(21)13(7)22)14-18-26(14)27(18)15-16(30)11(5-28)32-19(17(15)31)33-12-3-10(29)9(4-23)24-25-12/h1-3,11,15-17,19,28,30-31H,5H2,(H,25,29)/t11?,15-,16-,17?,19+,26?,27?/m0/s1. The molecule has 10 nitrogen and oxygen atoms in total. The third-order valence-corrected chi connectivity index (χ3v) is 6.56. The number of nitriles is 1. The van der Waals surface area contributed by atoms with E-state index in [4.69, 9.17) is 10.00 Å². The Morgan fingerprint density at radius 1 is 1.21 bits per heavy atom. The minimum Gasteiger partial charge on any atom is -0.394 e. The Morgan fingerprint density at radius 3 is 2.45 bits per heavy atom. The first-order chi connectivity index (χ1) is 15.8. The van der Waals surface area contributed by atoms with E-state index in [9.17, 15) is 33.3 Å². The number of nitrogens with zero attached hydrogens (tertiary/aromatic N) is 4. The van der Waals surface area contributed by atoms with Crippen LogP contribution in [0.1, 0.15) is 11.7 Å². The van der Waals surface area contributed by atoms with Crippen molar-refractivity contribution in [2.75, 3.05) is 6.61 Å². The average Bonchev–Trinajstić information content (AvgIpc) is 3.68. The first-order valence-corrected chi connectivity index (χ1v) is 10.4. The van der Waals surface area contributed by atoms with Gasteiger partial charge in [0, 0.05) is 11.6 Å². The number of benzene rings is 1. The molecular weight excluding hydrogens is 467 g/mol. The normalized spacial score (nSPS) is 25.8. The van der Waals surface area contributed by atoms with Crippen molar-refractivity contribution in [3.63, 3.8) is 0 Å². The van der Waals surface area contributed by atoms with E-state index in [1.165, 1.54) is 9.36 Å². The molecule has 3 aliphatic rings. The van der Waals surface area contributed by atoms with Gasteiger partial charge in [0.25, 0.3) is 0 Å². The Morgan fingerprint density at radius 2 is 1.88 bits per heavy atom. The summed E-state index contributed by atoms with van der Waals surface area (Å²) in [5, 5.41) is 46.2. The summed E-state index contributed by atoms with van der Waals surface area (Å²) < 4.78 is 48.8. The molecule has 172 valence electrons. The number of thioether (sulfide) groups is 1. The number of ether oxygens (including phenoxy) is 1. The zero-order valence-corrected chi connectivity index (χ0v) is 17.1. The highest BCUT2D eigenvalue weighted by atomic mass is 32.2. The minimum absolute atomic E-state index is 0.0968. The third kappa shape index (κ3) is 3.45. The largest absolute Gasteiger partial charge is 0.394 e. The van der Waals surface area contributed by atoms with Crippen LogP contribution < -0.4 is 5.43 Å². The summed E-state index contributed by atoms with van der Waals surface area (Å²) in [5.41, 5.74) is -1.52. The Hall–Kier alpha value is -3.09. The molecule has 0 amide bonds. The van der Waals surface area contributed by atoms with Crippen molar-refractivity contribution >= 4 is 11.8 Å². The van der Waals surface area contributed by atoms with E-state index in [2.05, 4.69) is 10.2 Å². The van der Waals surface area contributed by atoms with Crippen molar-refractivity contribution in [2.24, 2.45) is 0 Å². The lowest BCUT2D eigenvalue weighted by Crippen LogP contribution is -2.54. The number of aliphatic hydroxyl groups is 3. The highest BCUT2D eigenvalue weighted by Gasteiger charge is 2.54. The monoisotopic (exact) mass is 481 g/mol. The van der Waals surface area contributed by atoms with Crippen LogP contribution in [0.5, 0.6) is 0 Å². The van der Waals surface area contributed by atoms with Crippen LogP contribution >= 0.6 is 11.8 Å². The Balaban J connectivity index is 1.40. The lowest BCUT2D eigenvalue weighted by molar-refractivity contribution is -0.176. The summed E-state index contributed by atoms with van der Waals surface area (Å²) in [7, 11) is 0. The fraction of sp³-hybridized carbons (Fsp3) is 0.316. The highest BCUT2D eigenvalue weighted by Crippen LogP contribution is 2.53. The molecule has 2 aromatic rings. The predicted molar refractivity (Wildman–Crippen MR) is 105 cm³/mol. The van der Waals surface area contributed by atoms with E-state index < -0.39 is 59.3 Å². The van der Waals surface area contributed by atoms with Gasteiger partial charge in [0.05, 0.1) is 11.6 Å². The topological polar surface area (TPSA) is 149 Å². The summed E-state index contributed by atoms with van der Waals surface area (Å²) in [6.07, 6.45) is -3.75. The lowest BCUT2D eigenvalue weighted by Gasteiger charge is -2.41. The Bertz CT molecular complexity index is 1320. The molecule has 5 rings (SSSR count). The van der Waals surface area contributed by atoms with E-state index in [1.54, 1.807) is 6.07 Å². The van der Waals surface area contributed by atoms with Crippen molar-refractivity contribution in [3.8, 4) is 23.1 Å². The fourth-order valence-electron chi connectivity index (χ4n) is 3.80. The molecule has 4 heterocycles. The van der Waals surface area contributed by atoms with Crippen LogP contribution in [0.25, 0.3) is 17.1 Å². The van der Waals surface area contributed by atoms with Crippen LogP contribution in [0.2, 0.25) is 0 Å². The van der Waals surface area contributed by atoms with E-state index in [-0.39, 0.29) is 16.3 Å². The van der Waals surface area contributed by atoms with Crippen LogP contribution in [0.15, 0.2) is 28.0 Å². The molecule has 5 atom stereocenters. The maximum absolute atomic E-state index is 13.5. The number of aliphatic hydroxyl groups excluding tert-OH is 3. The summed E-state index contributed by atoms with van der Waals surface area (Å²) in [6.45, 7) is -0.572. The van der Waals surface area contributed by atoms with E-state index in [0.29, 0.717) is 11.5 Å². The molecule has 1 aromatic heterocycles. The molecule has 3 aliphatic heterocycles. The van der Waals surface area contributed by atoms with Gasteiger partial charge in [-0.1, -0.05) is 11.8 Å². The van der Waals surface area contributed by atoms with Gasteiger partial charge < -0.3 is 20.1 Å². The van der Waals surface area contributed by atoms with Gasteiger partial charge in [-0.25, -0.2) is 17.9 Å². The molecular formula is C19H14F3N5O5S. The van der Waals surface area contributed by atoms with Crippen LogP contribution in [-0.4, -0.2) is 65.2 Å². The van der Waals surface area contributed by atoms with E-state index >= 15 is 0 Å². The molecule has 4 N–H and O–H groups in total. The smallest absolute Gasteiger partial charge is 0.219 e. The summed E-state index contributed by atoms with van der Waals surface area (Å²) in [6, 6.07) is 3.43. The van der Waals surface area contributed by atoms with Crippen molar-refractivity contribution in [2.45, 2.75) is 34.8 Å². The summed E-state index contributed by atoms with van der Waals surface area (Å²) >= 11 is 0.871. The maximum atomic E-state index is 13.5. The quantitative estimate of drug-likeness (QED) is 0.300. The maximum Gasteiger partial charge on any atom is 0.219 e. The Labute approximate surface area is 186 Å². The number of halogens is 3. The molecule has 1 fully saturated rings. The molecule has 0 bridgehead atoms. The van der Waals surface area contributed by atoms with Gasteiger partial charge in [0.1, 0.15) is 41.6 Å². The van der Waals surface area contributed by atoms with Crippen LogP contribution in [0, 0.1) is 28.8 Å². The fourth-order valence-corrected chi connectivity index (χ4v) is 4.82. The number of hydrogen-bond acceptors (Lipinski definition) is 8. The molecule has 2 unspecified atom stereocenters. The van der Waals surface area contributed by atoms with Crippen molar-refractivity contribution < 1.29 is 33.2 Å². The van der Waals surface area contributed by atoms with Gasteiger partial charge in [-0.2, -0.15) is 10.4 Å². The zero-order valence-electron chi connectivity index (χ0n) is 16.3. The van der Waals surface area contributed by atoms with E-state index in [1.807, 2.05) is 0 Å². The molecule has 1 aromatic carbocycles.